The Balaban J connectivity index is 1.79. The molecule has 44 heavy (non-hydrogen) atoms. The predicted octanol–water partition coefficient (Wildman–Crippen LogP) is 0.627. The molecule has 0 unspecified atom stereocenters. The molecule has 13 heteroatoms. The standard InChI is InChI=1S/C31H39N9O4/c32-27(33)22-12-10-20(11-13-22)16-24(23-8-4-14-37-17-23)29(42)40-26(19-44-18-21-6-2-1-3-7-21)30(43)39-25(28(34)41)9-5-15-38-31(35)36/h1-4,6-8,10-14,17,24-26H,5,9,15-16,18-19H2,(H3,32,33)(H2,34,41)(H,39,43)(H,40,42)(H4,35,36,38)/t24-,25-,26-/m0/s1. The van der Waals surface area contributed by atoms with E-state index in [-0.39, 0.29) is 37.9 Å². The summed E-state index contributed by atoms with van der Waals surface area (Å²) in [5.74, 6) is -2.81. The van der Waals surface area contributed by atoms with Crippen molar-refractivity contribution >= 4 is 29.5 Å². The first-order valence-electron chi connectivity index (χ1n) is 14.1. The minimum absolute atomic E-state index is 0.0631. The molecule has 2 aromatic carbocycles. The molecule has 13 nitrogen and oxygen atoms in total. The Morgan fingerprint density at radius 3 is 2.16 bits per heavy atom. The normalized spacial score (nSPS) is 12.7. The van der Waals surface area contributed by atoms with Crippen LogP contribution in [0.3, 0.4) is 0 Å². The van der Waals surface area contributed by atoms with Crippen LogP contribution in [0, 0.1) is 10.8 Å². The number of hydrogen-bond acceptors (Lipinski definition) is 7. The maximum Gasteiger partial charge on any atom is 0.245 e. The third-order valence-corrected chi connectivity index (χ3v) is 6.78. The second kappa shape index (κ2) is 17.0. The third kappa shape index (κ3) is 10.8. The lowest BCUT2D eigenvalue weighted by Gasteiger charge is -2.25. The van der Waals surface area contributed by atoms with Gasteiger partial charge in [-0.15, -0.1) is 0 Å². The second-order valence-corrected chi connectivity index (χ2v) is 10.2. The summed E-state index contributed by atoms with van der Waals surface area (Å²) in [6.07, 6.45) is 4.07. The number of benzene rings is 2. The Hall–Kier alpha value is -5.30. The first-order valence-corrected chi connectivity index (χ1v) is 14.1. The molecule has 0 fully saturated rings. The molecule has 0 saturated carbocycles. The van der Waals surface area contributed by atoms with Crippen molar-refractivity contribution in [1.29, 1.82) is 10.8 Å². The number of amidine groups is 1. The zero-order chi connectivity index (χ0) is 31.9. The van der Waals surface area contributed by atoms with E-state index in [2.05, 4.69) is 20.9 Å². The number of hydrogen-bond donors (Lipinski definition) is 8. The van der Waals surface area contributed by atoms with E-state index in [0.717, 1.165) is 11.1 Å². The average molecular weight is 602 g/mol. The van der Waals surface area contributed by atoms with E-state index in [0.29, 0.717) is 24.1 Å². The van der Waals surface area contributed by atoms with Crippen LogP contribution in [-0.2, 0) is 32.1 Å². The molecule has 1 aromatic heterocycles. The molecule has 0 bridgehead atoms. The molecule has 3 amide bonds. The van der Waals surface area contributed by atoms with E-state index in [4.69, 9.17) is 32.8 Å². The second-order valence-electron chi connectivity index (χ2n) is 10.2. The number of carbonyl (C=O) groups excluding carboxylic acids is 3. The summed E-state index contributed by atoms with van der Waals surface area (Å²) in [4.78, 5) is 43.6. The van der Waals surface area contributed by atoms with Crippen molar-refractivity contribution in [2.24, 2.45) is 17.2 Å². The molecule has 1 heterocycles. The van der Waals surface area contributed by atoms with Crippen LogP contribution in [0.25, 0.3) is 0 Å². The number of nitrogens with two attached hydrogens (primary N) is 3. The van der Waals surface area contributed by atoms with Crippen LogP contribution in [0.1, 0.15) is 41.0 Å². The first-order chi connectivity index (χ1) is 21.1. The van der Waals surface area contributed by atoms with Gasteiger partial charge in [0.25, 0.3) is 0 Å². The van der Waals surface area contributed by atoms with Crippen molar-refractivity contribution < 1.29 is 19.1 Å². The minimum Gasteiger partial charge on any atom is -0.384 e. The summed E-state index contributed by atoms with van der Waals surface area (Å²) in [6.45, 7) is 0.345. The highest BCUT2D eigenvalue weighted by Gasteiger charge is 2.29. The van der Waals surface area contributed by atoms with Crippen molar-refractivity contribution in [3.63, 3.8) is 0 Å². The highest BCUT2D eigenvalue weighted by Crippen LogP contribution is 2.21. The van der Waals surface area contributed by atoms with Gasteiger partial charge < -0.3 is 37.9 Å². The molecule has 0 saturated heterocycles. The van der Waals surface area contributed by atoms with Crippen molar-refractivity contribution in [2.45, 2.75) is 43.9 Å². The third-order valence-electron chi connectivity index (χ3n) is 6.78. The van der Waals surface area contributed by atoms with Gasteiger partial charge in [-0.1, -0.05) is 60.7 Å². The van der Waals surface area contributed by atoms with Gasteiger partial charge in [0.05, 0.1) is 19.1 Å². The molecule has 0 radical (unpaired) electrons. The molecular weight excluding hydrogens is 562 g/mol. The van der Waals surface area contributed by atoms with Crippen LogP contribution in [0.15, 0.2) is 79.1 Å². The number of nitrogens with zero attached hydrogens (tertiary/aromatic N) is 1. The smallest absolute Gasteiger partial charge is 0.245 e. The van der Waals surface area contributed by atoms with Gasteiger partial charge in [0, 0.05) is 24.5 Å². The Labute approximate surface area is 256 Å². The fraction of sp³-hybridized carbons (Fsp3) is 0.290. The molecule has 11 N–H and O–H groups in total. The molecule has 3 rings (SSSR count). The van der Waals surface area contributed by atoms with E-state index in [9.17, 15) is 14.4 Å². The van der Waals surface area contributed by atoms with Gasteiger partial charge in [-0.25, -0.2) is 0 Å². The number of carbonyl (C=O) groups is 3. The van der Waals surface area contributed by atoms with Crippen molar-refractivity contribution in [1.82, 2.24) is 20.9 Å². The average Bonchev–Trinajstić information content (AvgIpc) is 3.01. The molecule has 232 valence electrons. The number of aromatic nitrogens is 1. The van der Waals surface area contributed by atoms with E-state index in [1.165, 1.54) is 0 Å². The molecule has 0 aliphatic carbocycles. The van der Waals surface area contributed by atoms with E-state index >= 15 is 0 Å². The maximum atomic E-state index is 13.8. The molecule has 0 aliphatic heterocycles. The van der Waals surface area contributed by atoms with Gasteiger partial charge in [-0.05, 0) is 42.0 Å². The van der Waals surface area contributed by atoms with Crippen molar-refractivity contribution in [2.75, 3.05) is 13.2 Å². The van der Waals surface area contributed by atoms with Gasteiger partial charge in [-0.2, -0.15) is 0 Å². The van der Waals surface area contributed by atoms with E-state index < -0.39 is 35.7 Å². The molecule has 0 aliphatic rings. The Kier molecular flexibility index (Phi) is 12.8. The Bertz CT molecular complexity index is 1400. The number of ether oxygens (including phenoxy) is 1. The van der Waals surface area contributed by atoms with Gasteiger partial charge >= 0.3 is 0 Å². The van der Waals surface area contributed by atoms with Crippen molar-refractivity contribution in [3.05, 3.63) is 101 Å². The zero-order valence-electron chi connectivity index (χ0n) is 24.3. The van der Waals surface area contributed by atoms with Gasteiger partial charge in [0.2, 0.25) is 17.7 Å². The number of nitrogen functional groups attached to an aromatic ring is 1. The first kappa shape index (κ1) is 33.2. The van der Waals surface area contributed by atoms with Crippen LogP contribution in [0.4, 0.5) is 0 Å². The Morgan fingerprint density at radius 1 is 0.841 bits per heavy atom. The minimum atomic E-state index is -1.15. The lowest BCUT2D eigenvalue weighted by molar-refractivity contribution is -0.133. The number of guanidine groups is 1. The summed E-state index contributed by atoms with van der Waals surface area (Å²) >= 11 is 0. The number of pyridine rings is 1. The number of rotatable bonds is 17. The molecule has 3 aromatic rings. The highest BCUT2D eigenvalue weighted by molar-refractivity contribution is 5.95. The van der Waals surface area contributed by atoms with Crippen LogP contribution < -0.4 is 33.2 Å². The van der Waals surface area contributed by atoms with Crippen LogP contribution in [-0.4, -0.2) is 59.7 Å². The van der Waals surface area contributed by atoms with E-state index in [1.54, 1.807) is 48.8 Å². The van der Waals surface area contributed by atoms with Crippen LogP contribution in [0.2, 0.25) is 0 Å². The molecule has 0 spiro atoms. The highest BCUT2D eigenvalue weighted by atomic mass is 16.5. The Morgan fingerprint density at radius 2 is 1.55 bits per heavy atom. The molecular formula is C31H39N9O4. The number of nitrogens with one attached hydrogen (secondary N) is 5. The fourth-order valence-corrected chi connectivity index (χ4v) is 4.41. The summed E-state index contributed by atoms with van der Waals surface area (Å²) in [5, 5.41) is 23.0. The topological polar surface area (TPSA) is 235 Å². The number of primary amides is 1. The van der Waals surface area contributed by atoms with Crippen molar-refractivity contribution in [3.8, 4) is 0 Å². The maximum absolute atomic E-state index is 13.8. The van der Waals surface area contributed by atoms with Crippen LogP contribution in [0.5, 0.6) is 0 Å². The van der Waals surface area contributed by atoms with Gasteiger partial charge in [-0.3, -0.25) is 30.2 Å². The summed E-state index contributed by atoms with van der Waals surface area (Å²) in [5.41, 5.74) is 19.3. The number of amides is 3. The van der Waals surface area contributed by atoms with Gasteiger partial charge in [0.15, 0.2) is 5.96 Å². The monoisotopic (exact) mass is 601 g/mol. The summed E-state index contributed by atoms with van der Waals surface area (Å²) in [6, 6.07) is 17.7. The predicted molar refractivity (Wildman–Crippen MR) is 166 cm³/mol. The van der Waals surface area contributed by atoms with Crippen LogP contribution >= 0.6 is 0 Å². The largest absolute Gasteiger partial charge is 0.384 e. The van der Waals surface area contributed by atoms with E-state index in [1.807, 2.05) is 30.3 Å². The quantitative estimate of drug-likeness (QED) is 0.0619. The lowest BCUT2D eigenvalue weighted by Crippen LogP contribution is -2.55. The fourth-order valence-electron chi connectivity index (χ4n) is 4.41. The SMILES string of the molecule is N=C(N)NCCC[C@H](NC(=O)[C@H](COCc1ccccc1)NC(=O)[C@@H](Cc1ccc(C(=N)N)cc1)c1cccnc1)C(N)=O. The summed E-state index contributed by atoms with van der Waals surface area (Å²) < 4.78 is 5.83. The van der Waals surface area contributed by atoms with Gasteiger partial charge in [0.1, 0.15) is 17.9 Å². The summed E-state index contributed by atoms with van der Waals surface area (Å²) in [7, 11) is 0. The molecule has 3 atom stereocenters. The zero-order valence-corrected chi connectivity index (χ0v) is 24.3. The lowest BCUT2D eigenvalue weighted by atomic mass is 9.91.